The molecule has 1 atom stereocenters. The molecule has 0 spiro atoms. The van der Waals surface area contributed by atoms with Crippen molar-refractivity contribution < 1.29 is 4.79 Å². The molecule has 6 nitrogen and oxygen atoms in total. The Morgan fingerprint density at radius 1 is 1.00 bits per heavy atom. The molecule has 1 saturated heterocycles. The molecule has 0 radical (unpaired) electrons. The van der Waals surface area contributed by atoms with Gasteiger partial charge in [-0.3, -0.25) is 9.89 Å². The number of hydrogen-bond acceptors (Lipinski definition) is 3. The number of nitrogens with one attached hydrogen (secondary N) is 1. The van der Waals surface area contributed by atoms with Gasteiger partial charge in [-0.05, 0) is 76.5 Å². The smallest absolute Gasteiger partial charge is 0.225 e. The summed E-state index contributed by atoms with van der Waals surface area (Å²) in [4.78, 5) is 19.8. The van der Waals surface area contributed by atoms with Crippen LogP contribution >= 0.6 is 15.9 Å². The van der Waals surface area contributed by atoms with Crippen LogP contribution in [0.15, 0.2) is 71.3 Å². The number of H-pyrrole nitrogens is 1. The lowest BCUT2D eigenvalue weighted by Gasteiger charge is -2.18. The first-order valence-electron chi connectivity index (χ1n) is 12.6. The Labute approximate surface area is 217 Å². The summed E-state index contributed by atoms with van der Waals surface area (Å²) in [6.45, 7) is 2.58. The quantitative estimate of drug-likeness (QED) is 0.286. The molecule has 2 aromatic heterocycles. The maximum atomic E-state index is 12.6. The number of carbonyl (C=O) groups is 1. The van der Waals surface area contributed by atoms with E-state index in [0.717, 1.165) is 87.8 Å². The van der Waals surface area contributed by atoms with Crippen molar-refractivity contribution in [2.45, 2.75) is 25.8 Å². The first-order chi connectivity index (χ1) is 17.6. The Hall–Kier alpha value is -3.45. The third-order valence-electron chi connectivity index (χ3n) is 7.61. The first-order valence-corrected chi connectivity index (χ1v) is 13.4. The van der Waals surface area contributed by atoms with Gasteiger partial charge in [0, 0.05) is 41.0 Å². The number of likely N-dealkylation sites (tertiary alicyclic amines) is 1. The van der Waals surface area contributed by atoms with E-state index in [1.54, 1.807) is 0 Å². The Kier molecular flexibility index (Phi) is 5.20. The van der Waals surface area contributed by atoms with Gasteiger partial charge in [-0.2, -0.15) is 5.10 Å². The van der Waals surface area contributed by atoms with Crippen molar-refractivity contribution in [1.29, 1.82) is 0 Å². The highest BCUT2D eigenvalue weighted by Gasteiger charge is 2.36. The van der Waals surface area contributed by atoms with Crippen LogP contribution in [-0.4, -0.2) is 43.6 Å². The number of fused-ring (bicyclic) bond motifs is 2. The van der Waals surface area contributed by atoms with Crippen molar-refractivity contribution >= 4 is 43.8 Å². The fourth-order valence-electron chi connectivity index (χ4n) is 5.48. The molecule has 0 unspecified atom stereocenters. The average molecular weight is 540 g/mol. The molecule has 7 heteroatoms. The Morgan fingerprint density at radius 3 is 2.64 bits per heavy atom. The normalized spacial score (nSPS) is 17.9. The topological polar surface area (TPSA) is 66.8 Å². The first kappa shape index (κ1) is 21.8. The Morgan fingerprint density at radius 2 is 1.81 bits per heavy atom. The lowest BCUT2D eigenvalue weighted by Crippen LogP contribution is -2.30. The number of nitrogens with zero attached hydrogens (tertiary/aromatic N) is 4. The number of benzene rings is 3. The lowest BCUT2D eigenvalue weighted by molar-refractivity contribution is -0.131. The molecule has 180 valence electrons. The molecule has 1 saturated carbocycles. The van der Waals surface area contributed by atoms with Gasteiger partial charge in [0.15, 0.2) is 0 Å². The van der Waals surface area contributed by atoms with E-state index >= 15 is 0 Å². The highest BCUT2D eigenvalue weighted by Crippen LogP contribution is 2.35. The number of halogens is 1. The summed E-state index contributed by atoms with van der Waals surface area (Å²) in [5, 5.41) is 8.25. The number of rotatable bonds is 5. The van der Waals surface area contributed by atoms with Gasteiger partial charge in [0.05, 0.1) is 17.2 Å². The summed E-state index contributed by atoms with van der Waals surface area (Å²) in [7, 11) is 0. The van der Waals surface area contributed by atoms with Gasteiger partial charge < -0.3 is 9.47 Å². The van der Waals surface area contributed by atoms with E-state index in [-0.39, 0.29) is 5.92 Å². The zero-order valence-corrected chi connectivity index (χ0v) is 21.4. The maximum Gasteiger partial charge on any atom is 0.225 e. The molecule has 2 aliphatic rings. The van der Waals surface area contributed by atoms with E-state index in [9.17, 15) is 4.79 Å². The maximum absolute atomic E-state index is 12.6. The fraction of sp³-hybridized carbons (Fsp3) is 0.276. The van der Waals surface area contributed by atoms with Gasteiger partial charge in [-0.25, -0.2) is 4.98 Å². The van der Waals surface area contributed by atoms with Gasteiger partial charge in [-0.15, -0.1) is 0 Å². The van der Waals surface area contributed by atoms with E-state index in [1.165, 1.54) is 0 Å². The monoisotopic (exact) mass is 539 g/mol. The zero-order chi connectivity index (χ0) is 24.2. The number of imidazole rings is 1. The predicted octanol–water partition coefficient (Wildman–Crippen LogP) is 6.27. The van der Waals surface area contributed by atoms with Gasteiger partial charge in [0.2, 0.25) is 5.91 Å². The standard InChI is InChI=1S/C29H26BrN5O/c30-24-2-1-3-26-27(24)32-28(35(26)17-18-12-13-34(16-18)29(36)21-8-9-21)20-6-4-19(5-7-20)22-10-11-25-23(14-22)15-31-33-25/h1-7,10-11,14-15,18,21H,8-9,12-13,16-17H2,(H,31,33)/t18-/m1/s1. The van der Waals surface area contributed by atoms with Crippen LogP contribution in [0.4, 0.5) is 0 Å². The highest BCUT2D eigenvalue weighted by atomic mass is 79.9. The van der Waals surface area contributed by atoms with Crippen LogP contribution in [0.5, 0.6) is 0 Å². The molecular weight excluding hydrogens is 514 g/mol. The largest absolute Gasteiger partial charge is 0.342 e. The minimum atomic E-state index is 0.289. The number of hydrogen-bond donors (Lipinski definition) is 1. The number of para-hydroxylation sites is 1. The summed E-state index contributed by atoms with van der Waals surface area (Å²) in [6.07, 6.45) is 5.03. The third-order valence-corrected chi connectivity index (χ3v) is 8.25. The third kappa shape index (κ3) is 3.82. The van der Waals surface area contributed by atoms with Crippen molar-refractivity contribution in [2.75, 3.05) is 13.1 Å². The van der Waals surface area contributed by atoms with Crippen LogP contribution in [0.25, 0.3) is 44.5 Å². The van der Waals surface area contributed by atoms with E-state index in [4.69, 9.17) is 4.98 Å². The minimum absolute atomic E-state index is 0.289. The van der Waals surface area contributed by atoms with Crippen LogP contribution < -0.4 is 0 Å². The van der Waals surface area contributed by atoms with E-state index < -0.39 is 0 Å². The van der Waals surface area contributed by atoms with Gasteiger partial charge >= 0.3 is 0 Å². The summed E-state index contributed by atoms with van der Waals surface area (Å²) in [5.41, 5.74) is 6.56. The van der Waals surface area contributed by atoms with Crippen LogP contribution in [-0.2, 0) is 11.3 Å². The highest BCUT2D eigenvalue weighted by molar-refractivity contribution is 9.10. The second-order valence-electron chi connectivity index (χ2n) is 10.1. The number of aromatic amines is 1. The summed E-state index contributed by atoms with van der Waals surface area (Å²) < 4.78 is 3.35. The van der Waals surface area contributed by atoms with Crippen LogP contribution in [0.1, 0.15) is 19.3 Å². The SMILES string of the molecule is O=C(C1CC1)N1CC[C@@H](Cn2c(-c3ccc(-c4ccc5[nH]ncc5c4)cc3)nc3c(Br)cccc32)C1. The molecule has 1 amide bonds. The summed E-state index contributed by atoms with van der Waals surface area (Å²) in [6, 6.07) is 21.3. The van der Waals surface area contributed by atoms with Crippen LogP contribution in [0, 0.1) is 11.8 Å². The Bertz CT molecular complexity index is 1600. The predicted molar refractivity (Wildman–Crippen MR) is 145 cm³/mol. The molecule has 36 heavy (non-hydrogen) atoms. The molecule has 1 N–H and O–H groups in total. The molecule has 3 heterocycles. The summed E-state index contributed by atoms with van der Waals surface area (Å²) in [5.74, 6) is 2.06. The van der Waals surface area contributed by atoms with Gasteiger partial charge in [0.25, 0.3) is 0 Å². The van der Waals surface area contributed by atoms with Crippen LogP contribution in [0.2, 0.25) is 0 Å². The number of amides is 1. The van der Waals surface area contributed by atoms with Crippen LogP contribution in [0.3, 0.4) is 0 Å². The average Bonchev–Trinajstić information content (AvgIpc) is 3.30. The van der Waals surface area contributed by atoms with Gasteiger partial charge in [-0.1, -0.05) is 36.4 Å². The molecule has 1 aliphatic heterocycles. The Balaban J connectivity index is 1.22. The van der Waals surface area contributed by atoms with Crippen molar-refractivity contribution in [2.24, 2.45) is 11.8 Å². The van der Waals surface area contributed by atoms with Crippen molar-refractivity contribution in [1.82, 2.24) is 24.6 Å². The van der Waals surface area contributed by atoms with Crippen molar-refractivity contribution in [3.05, 3.63) is 71.3 Å². The molecule has 2 fully saturated rings. The molecule has 7 rings (SSSR count). The lowest BCUT2D eigenvalue weighted by atomic mass is 10.0. The molecule has 5 aromatic rings. The number of carbonyl (C=O) groups excluding carboxylic acids is 1. The van der Waals surface area contributed by atoms with Crippen molar-refractivity contribution in [3.63, 3.8) is 0 Å². The number of aromatic nitrogens is 4. The zero-order valence-electron chi connectivity index (χ0n) is 19.8. The minimum Gasteiger partial charge on any atom is -0.342 e. The van der Waals surface area contributed by atoms with E-state index in [1.807, 2.05) is 12.3 Å². The fourth-order valence-corrected chi connectivity index (χ4v) is 5.92. The molecule has 3 aromatic carbocycles. The molecular formula is C29H26BrN5O. The van der Waals surface area contributed by atoms with Gasteiger partial charge in [0.1, 0.15) is 11.3 Å². The van der Waals surface area contributed by atoms with Crippen molar-refractivity contribution in [3.8, 4) is 22.5 Å². The van der Waals surface area contributed by atoms with E-state index in [0.29, 0.717) is 11.8 Å². The second kappa shape index (κ2) is 8.59. The van der Waals surface area contributed by atoms with E-state index in [2.05, 4.69) is 90.2 Å². The second-order valence-corrected chi connectivity index (χ2v) is 11.0. The molecule has 0 bridgehead atoms. The summed E-state index contributed by atoms with van der Waals surface area (Å²) >= 11 is 3.70. The molecule has 1 aliphatic carbocycles.